The van der Waals surface area contributed by atoms with E-state index < -0.39 is 23.4 Å². The van der Waals surface area contributed by atoms with Gasteiger partial charge in [0.15, 0.2) is 0 Å². The molecule has 0 radical (unpaired) electrons. The van der Waals surface area contributed by atoms with Gasteiger partial charge in [-0.15, -0.1) is 0 Å². The number of fused-ring (bicyclic) bond motifs is 1. The third-order valence-corrected chi connectivity index (χ3v) is 3.20. The molecule has 0 spiro atoms. The number of nitrogens with one attached hydrogen (secondary N) is 1. The average molecular weight is 292 g/mol. The van der Waals surface area contributed by atoms with Gasteiger partial charge in [-0.2, -0.15) is 0 Å². The molecule has 1 aromatic carbocycles. The lowest BCUT2D eigenvalue weighted by atomic mass is 9.98. The number of nitrogens with zero attached hydrogens (tertiary/aromatic N) is 1. The number of hydrogen-bond acceptors (Lipinski definition) is 5. The molecule has 0 amide bonds. The number of esters is 1. The number of ether oxygens (including phenoxy) is 2. The summed E-state index contributed by atoms with van der Waals surface area (Å²) in [6, 6.07) is 5.31. The lowest BCUT2D eigenvalue weighted by molar-refractivity contribution is -0.481. The average Bonchev–Trinajstić information content (AvgIpc) is 2.87. The number of rotatable bonds is 6. The Morgan fingerprint density at radius 3 is 2.86 bits per heavy atom. The summed E-state index contributed by atoms with van der Waals surface area (Å²) in [4.78, 5) is 25.3. The highest BCUT2D eigenvalue weighted by molar-refractivity contribution is 5.90. The van der Waals surface area contributed by atoms with Crippen LogP contribution in [-0.4, -0.2) is 36.1 Å². The molecule has 2 rings (SSSR count). The Bertz CT molecular complexity index is 664. The molecule has 1 unspecified atom stereocenters. The predicted octanol–water partition coefficient (Wildman–Crippen LogP) is 2.10. The number of carbonyl (C=O) groups is 1. The highest BCUT2D eigenvalue weighted by Gasteiger charge is 2.30. The molecule has 0 saturated carbocycles. The first kappa shape index (κ1) is 14.8. The molecule has 1 aromatic heterocycles. The maximum Gasteiger partial charge on any atom is 0.320 e. The van der Waals surface area contributed by atoms with Crippen molar-refractivity contribution in [1.29, 1.82) is 0 Å². The zero-order chi connectivity index (χ0) is 15.4. The van der Waals surface area contributed by atoms with Crippen LogP contribution in [-0.2, 0) is 9.53 Å². The van der Waals surface area contributed by atoms with Crippen LogP contribution >= 0.6 is 0 Å². The second kappa shape index (κ2) is 6.25. The van der Waals surface area contributed by atoms with Gasteiger partial charge in [-0.3, -0.25) is 14.9 Å². The Balaban J connectivity index is 2.47. The summed E-state index contributed by atoms with van der Waals surface area (Å²) in [6.45, 7) is 1.33. The smallest absolute Gasteiger partial charge is 0.320 e. The zero-order valence-corrected chi connectivity index (χ0v) is 11.8. The van der Waals surface area contributed by atoms with E-state index in [0.29, 0.717) is 16.7 Å². The number of nitro groups is 1. The highest BCUT2D eigenvalue weighted by Crippen LogP contribution is 2.29. The van der Waals surface area contributed by atoms with Gasteiger partial charge in [-0.05, 0) is 30.7 Å². The van der Waals surface area contributed by atoms with Crippen LogP contribution in [0.4, 0.5) is 0 Å². The SMILES string of the molecule is CCOC(=O)C(C[N+](=O)[O-])c1c[nH]c2ccc(OC)cc12. The number of benzene rings is 1. The summed E-state index contributed by atoms with van der Waals surface area (Å²) >= 11 is 0. The molecule has 0 aliphatic heterocycles. The Morgan fingerprint density at radius 2 is 2.24 bits per heavy atom. The Kier molecular flexibility index (Phi) is 4.42. The highest BCUT2D eigenvalue weighted by atomic mass is 16.6. The van der Waals surface area contributed by atoms with E-state index in [2.05, 4.69) is 4.98 Å². The number of aromatic nitrogens is 1. The molecule has 1 atom stereocenters. The summed E-state index contributed by atoms with van der Waals surface area (Å²) in [5, 5.41) is 11.6. The van der Waals surface area contributed by atoms with Crippen LogP contribution in [0.15, 0.2) is 24.4 Å². The van der Waals surface area contributed by atoms with E-state index in [-0.39, 0.29) is 6.61 Å². The van der Waals surface area contributed by atoms with E-state index in [0.717, 1.165) is 5.52 Å². The first-order chi connectivity index (χ1) is 10.1. The van der Waals surface area contributed by atoms with E-state index in [1.54, 1.807) is 31.3 Å². The Hall–Kier alpha value is -2.57. The van der Waals surface area contributed by atoms with Gasteiger partial charge in [-0.1, -0.05) is 0 Å². The molecule has 0 saturated heterocycles. The topological polar surface area (TPSA) is 94.5 Å². The number of methoxy groups -OCH3 is 1. The number of carbonyl (C=O) groups excluding carboxylic acids is 1. The van der Waals surface area contributed by atoms with Gasteiger partial charge in [0.25, 0.3) is 0 Å². The minimum absolute atomic E-state index is 0.179. The molecule has 0 aliphatic carbocycles. The fourth-order valence-corrected chi connectivity index (χ4v) is 2.23. The van der Waals surface area contributed by atoms with Crippen LogP contribution in [0.5, 0.6) is 5.75 Å². The summed E-state index contributed by atoms with van der Waals surface area (Å²) in [6.07, 6.45) is 1.61. The monoisotopic (exact) mass is 292 g/mol. The van der Waals surface area contributed by atoms with Crippen LogP contribution in [0.2, 0.25) is 0 Å². The van der Waals surface area contributed by atoms with Crippen molar-refractivity contribution in [3.8, 4) is 5.75 Å². The van der Waals surface area contributed by atoms with Crippen LogP contribution < -0.4 is 4.74 Å². The standard InChI is InChI=1S/C14H16N2O5/c1-3-21-14(17)12(8-16(18)19)11-7-15-13-5-4-9(20-2)6-10(11)13/h4-7,12,15H,3,8H2,1-2H3. The molecule has 1 heterocycles. The summed E-state index contributed by atoms with van der Waals surface area (Å²) < 4.78 is 10.1. The molecule has 0 fully saturated rings. The van der Waals surface area contributed by atoms with Crippen molar-refractivity contribution < 1.29 is 19.2 Å². The lowest BCUT2D eigenvalue weighted by Gasteiger charge is -2.11. The number of hydrogen-bond donors (Lipinski definition) is 1. The third-order valence-electron chi connectivity index (χ3n) is 3.20. The van der Waals surface area contributed by atoms with Gasteiger partial charge in [0.05, 0.1) is 13.7 Å². The van der Waals surface area contributed by atoms with E-state index in [1.165, 1.54) is 7.11 Å². The molecule has 0 aliphatic rings. The van der Waals surface area contributed by atoms with Crippen molar-refractivity contribution in [2.75, 3.05) is 20.3 Å². The van der Waals surface area contributed by atoms with E-state index in [9.17, 15) is 14.9 Å². The van der Waals surface area contributed by atoms with E-state index in [4.69, 9.17) is 9.47 Å². The number of H-pyrrole nitrogens is 1. The second-order valence-electron chi connectivity index (χ2n) is 4.48. The van der Waals surface area contributed by atoms with Crippen molar-refractivity contribution in [1.82, 2.24) is 4.98 Å². The van der Waals surface area contributed by atoms with Gasteiger partial charge in [-0.25, -0.2) is 0 Å². The molecule has 21 heavy (non-hydrogen) atoms. The second-order valence-corrected chi connectivity index (χ2v) is 4.48. The quantitative estimate of drug-likeness (QED) is 0.500. The van der Waals surface area contributed by atoms with Crippen molar-refractivity contribution in [2.24, 2.45) is 0 Å². The lowest BCUT2D eigenvalue weighted by Crippen LogP contribution is -2.23. The molecule has 112 valence electrons. The first-order valence-corrected chi connectivity index (χ1v) is 6.50. The molecule has 1 N–H and O–H groups in total. The van der Waals surface area contributed by atoms with E-state index in [1.807, 2.05) is 0 Å². The Morgan fingerprint density at radius 1 is 1.48 bits per heavy atom. The largest absolute Gasteiger partial charge is 0.497 e. The minimum Gasteiger partial charge on any atom is -0.497 e. The molecule has 7 heteroatoms. The fraction of sp³-hybridized carbons (Fsp3) is 0.357. The van der Waals surface area contributed by atoms with Crippen LogP contribution in [0.25, 0.3) is 10.9 Å². The molecule has 7 nitrogen and oxygen atoms in total. The summed E-state index contributed by atoms with van der Waals surface area (Å²) in [7, 11) is 1.54. The van der Waals surface area contributed by atoms with Crippen molar-refractivity contribution in [3.05, 3.63) is 40.1 Å². The van der Waals surface area contributed by atoms with Gasteiger partial charge in [0.1, 0.15) is 11.7 Å². The minimum atomic E-state index is -0.944. The summed E-state index contributed by atoms with van der Waals surface area (Å²) in [5.41, 5.74) is 1.32. The van der Waals surface area contributed by atoms with Gasteiger partial charge >= 0.3 is 5.97 Å². The van der Waals surface area contributed by atoms with Crippen molar-refractivity contribution in [2.45, 2.75) is 12.8 Å². The Labute approximate surface area is 121 Å². The van der Waals surface area contributed by atoms with Crippen LogP contribution in [0.1, 0.15) is 18.4 Å². The van der Waals surface area contributed by atoms with Gasteiger partial charge in [0.2, 0.25) is 6.54 Å². The van der Waals surface area contributed by atoms with E-state index >= 15 is 0 Å². The van der Waals surface area contributed by atoms with Gasteiger partial charge in [0, 0.05) is 22.0 Å². The van der Waals surface area contributed by atoms with Gasteiger partial charge < -0.3 is 14.5 Å². The summed E-state index contributed by atoms with van der Waals surface area (Å²) in [5.74, 6) is -0.925. The maximum absolute atomic E-state index is 12.0. The van der Waals surface area contributed by atoms with Crippen LogP contribution in [0.3, 0.4) is 0 Å². The normalized spacial score (nSPS) is 12.1. The molecular formula is C14H16N2O5. The third kappa shape index (κ3) is 3.13. The predicted molar refractivity (Wildman–Crippen MR) is 76.1 cm³/mol. The van der Waals surface area contributed by atoms with Crippen molar-refractivity contribution >= 4 is 16.9 Å². The molecule has 0 bridgehead atoms. The first-order valence-electron chi connectivity index (χ1n) is 6.50. The van der Waals surface area contributed by atoms with Crippen LogP contribution in [0, 0.1) is 10.1 Å². The number of aromatic amines is 1. The molecular weight excluding hydrogens is 276 g/mol. The molecule has 2 aromatic rings. The zero-order valence-electron chi connectivity index (χ0n) is 11.8. The fourth-order valence-electron chi connectivity index (χ4n) is 2.23. The maximum atomic E-state index is 12.0. The van der Waals surface area contributed by atoms with Crippen molar-refractivity contribution in [3.63, 3.8) is 0 Å².